The summed E-state index contributed by atoms with van der Waals surface area (Å²) in [7, 11) is 1.43. The number of primary amides is 1. The molecule has 4 heteroatoms. The van der Waals surface area contributed by atoms with Crippen LogP contribution >= 0.6 is 0 Å². The maximum Gasteiger partial charge on any atom is 0.339 e. The van der Waals surface area contributed by atoms with Gasteiger partial charge < -0.3 is 5.73 Å². The zero-order valence-electron chi connectivity index (χ0n) is 7.55. The first kappa shape index (κ1) is 10.2. The zero-order chi connectivity index (χ0) is 9.07. The molecule has 11 heavy (non-hydrogen) atoms. The minimum atomic E-state index is -0.556. The first-order valence-corrected chi connectivity index (χ1v) is 3.59. The second kappa shape index (κ2) is 3.57. The van der Waals surface area contributed by atoms with Gasteiger partial charge in [-0.15, -0.1) is 0 Å². The van der Waals surface area contributed by atoms with E-state index in [1.165, 1.54) is 12.2 Å². The molecule has 2 amide bonds. The van der Waals surface area contributed by atoms with E-state index < -0.39 is 6.03 Å². The van der Waals surface area contributed by atoms with Crippen LogP contribution in [0.25, 0.3) is 0 Å². The molecule has 0 heterocycles. The van der Waals surface area contributed by atoms with Gasteiger partial charge in [0.25, 0.3) is 0 Å². The van der Waals surface area contributed by atoms with E-state index in [-0.39, 0.29) is 5.54 Å². The van der Waals surface area contributed by atoms with Crippen LogP contribution in [0.5, 0.6) is 0 Å². The highest BCUT2D eigenvalue weighted by Crippen LogP contribution is 2.17. The smallest absolute Gasteiger partial charge is 0.339 e. The Morgan fingerprint density at radius 1 is 1.64 bits per heavy atom. The van der Waals surface area contributed by atoms with Gasteiger partial charge in [0.1, 0.15) is 0 Å². The van der Waals surface area contributed by atoms with Crippen molar-refractivity contribution >= 4 is 6.03 Å². The van der Waals surface area contributed by atoms with Crippen LogP contribution < -0.4 is 5.73 Å². The summed E-state index contributed by atoms with van der Waals surface area (Å²) in [6.07, 6.45) is 0.795. The van der Waals surface area contributed by atoms with E-state index in [0.29, 0.717) is 0 Å². The molecule has 0 aromatic heterocycles. The highest BCUT2D eigenvalue weighted by Gasteiger charge is 2.27. The predicted octanol–water partition coefficient (Wildman–Crippen LogP) is 1.12. The molecule has 66 valence electrons. The Hall–Kier alpha value is -0.770. The maximum absolute atomic E-state index is 10.8. The third-order valence-electron chi connectivity index (χ3n) is 1.80. The summed E-state index contributed by atoms with van der Waals surface area (Å²) >= 11 is 0. The number of carbonyl (C=O) groups excluding carboxylic acids is 1. The van der Waals surface area contributed by atoms with Crippen LogP contribution in [0.3, 0.4) is 0 Å². The van der Waals surface area contributed by atoms with E-state index in [9.17, 15) is 4.79 Å². The lowest BCUT2D eigenvalue weighted by Gasteiger charge is -2.33. The summed E-state index contributed by atoms with van der Waals surface area (Å²) in [5, 5.41) is 1.17. The van der Waals surface area contributed by atoms with Crippen molar-refractivity contribution in [3.05, 3.63) is 0 Å². The molecule has 0 aliphatic rings. The van der Waals surface area contributed by atoms with Gasteiger partial charge in [-0.05, 0) is 20.3 Å². The third-order valence-corrected chi connectivity index (χ3v) is 1.80. The van der Waals surface area contributed by atoms with Gasteiger partial charge in [-0.25, -0.2) is 4.79 Å². The van der Waals surface area contributed by atoms with Crippen molar-refractivity contribution in [3.8, 4) is 0 Å². The fourth-order valence-corrected chi connectivity index (χ4v) is 0.779. The summed E-state index contributed by atoms with van der Waals surface area (Å²) in [5.41, 5.74) is 4.74. The predicted molar refractivity (Wildman–Crippen MR) is 42.8 cm³/mol. The van der Waals surface area contributed by atoms with E-state index >= 15 is 0 Å². The quantitative estimate of drug-likeness (QED) is 0.629. The Morgan fingerprint density at radius 2 is 2.09 bits per heavy atom. The molecule has 0 aromatic carbocycles. The number of hydroxylamine groups is 2. The number of carbonyl (C=O) groups is 1. The average Bonchev–Trinajstić information content (AvgIpc) is 1.88. The SMILES string of the molecule is CCC(C)(C)N(OC)C(N)=O. The molecule has 0 bridgehead atoms. The lowest BCUT2D eigenvalue weighted by atomic mass is 10.0. The lowest BCUT2D eigenvalue weighted by molar-refractivity contribution is -0.145. The zero-order valence-corrected chi connectivity index (χ0v) is 7.55. The molecular formula is C7H16N2O2. The van der Waals surface area contributed by atoms with Gasteiger partial charge in [0, 0.05) is 0 Å². The second-order valence-corrected chi connectivity index (χ2v) is 2.98. The fourth-order valence-electron chi connectivity index (χ4n) is 0.779. The molecule has 0 saturated carbocycles. The minimum absolute atomic E-state index is 0.333. The maximum atomic E-state index is 10.8. The first-order valence-electron chi connectivity index (χ1n) is 3.59. The molecule has 0 aliphatic heterocycles. The first-order chi connectivity index (χ1) is 4.95. The molecule has 0 aliphatic carbocycles. The number of rotatable bonds is 3. The molecule has 0 saturated heterocycles. The molecule has 0 unspecified atom stereocenters. The van der Waals surface area contributed by atoms with E-state index in [0.717, 1.165) is 6.42 Å². The Kier molecular flexibility index (Phi) is 3.32. The highest BCUT2D eigenvalue weighted by molar-refractivity contribution is 5.71. The number of hydrogen-bond donors (Lipinski definition) is 1. The Morgan fingerprint density at radius 3 is 2.18 bits per heavy atom. The molecule has 0 rings (SSSR count). The largest absolute Gasteiger partial charge is 0.350 e. The van der Waals surface area contributed by atoms with Gasteiger partial charge in [0.2, 0.25) is 0 Å². The van der Waals surface area contributed by atoms with Crippen molar-refractivity contribution in [3.63, 3.8) is 0 Å². The van der Waals surface area contributed by atoms with Gasteiger partial charge in [-0.2, -0.15) is 5.06 Å². The standard InChI is InChI=1S/C7H16N2O2/c1-5-7(2,3)9(11-4)6(8)10/h5H2,1-4H3,(H2,8,10). The molecule has 0 aromatic rings. The van der Waals surface area contributed by atoms with Crippen molar-refractivity contribution < 1.29 is 9.63 Å². The summed E-state index contributed by atoms with van der Waals surface area (Å²) in [4.78, 5) is 15.6. The van der Waals surface area contributed by atoms with Gasteiger partial charge in [-0.1, -0.05) is 6.92 Å². The average molecular weight is 160 g/mol. The van der Waals surface area contributed by atoms with Crippen LogP contribution in [0.2, 0.25) is 0 Å². The van der Waals surface area contributed by atoms with Crippen molar-refractivity contribution in [2.45, 2.75) is 32.7 Å². The molecule has 2 N–H and O–H groups in total. The molecule has 0 radical (unpaired) electrons. The van der Waals surface area contributed by atoms with Crippen molar-refractivity contribution in [1.82, 2.24) is 5.06 Å². The summed E-state index contributed by atoms with van der Waals surface area (Å²) in [5.74, 6) is 0. The van der Waals surface area contributed by atoms with E-state index in [2.05, 4.69) is 0 Å². The molecule has 0 fully saturated rings. The van der Waals surface area contributed by atoms with Crippen LogP contribution in [0.4, 0.5) is 4.79 Å². The Balaban J connectivity index is 4.36. The van der Waals surface area contributed by atoms with E-state index in [4.69, 9.17) is 10.6 Å². The highest BCUT2D eigenvalue weighted by atomic mass is 16.7. The van der Waals surface area contributed by atoms with Crippen molar-refractivity contribution in [2.75, 3.05) is 7.11 Å². The van der Waals surface area contributed by atoms with Gasteiger partial charge in [-0.3, -0.25) is 4.84 Å². The van der Waals surface area contributed by atoms with E-state index in [1.54, 1.807) is 0 Å². The Bertz CT molecular complexity index is 145. The molecular weight excluding hydrogens is 144 g/mol. The normalized spacial score (nSPS) is 11.3. The van der Waals surface area contributed by atoms with Gasteiger partial charge in [0.15, 0.2) is 0 Å². The van der Waals surface area contributed by atoms with Crippen LogP contribution in [-0.2, 0) is 4.84 Å². The lowest BCUT2D eigenvalue weighted by Crippen LogP contribution is -2.49. The summed E-state index contributed by atoms with van der Waals surface area (Å²) in [6, 6.07) is -0.556. The third kappa shape index (κ3) is 2.38. The van der Waals surface area contributed by atoms with Crippen LogP contribution in [0.1, 0.15) is 27.2 Å². The monoisotopic (exact) mass is 160 g/mol. The fraction of sp³-hybridized carbons (Fsp3) is 0.857. The number of urea groups is 1. The Labute approximate surface area is 67.3 Å². The molecule has 0 atom stereocenters. The minimum Gasteiger partial charge on any atom is -0.350 e. The molecule has 4 nitrogen and oxygen atoms in total. The van der Waals surface area contributed by atoms with Crippen LogP contribution in [-0.4, -0.2) is 23.7 Å². The van der Waals surface area contributed by atoms with E-state index in [1.807, 2.05) is 20.8 Å². The van der Waals surface area contributed by atoms with Crippen LogP contribution in [0, 0.1) is 0 Å². The van der Waals surface area contributed by atoms with Crippen molar-refractivity contribution in [1.29, 1.82) is 0 Å². The van der Waals surface area contributed by atoms with Crippen LogP contribution in [0.15, 0.2) is 0 Å². The number of nitrogens with zero attached hydrogens (tertiary/aromatic N) is 1. The number of nitrogens with two attached hydrogens (primary N) is 1. The summed E-state index contributed by atoms with van der Waals surface area (Å²) in [6.45, 7) is 5.75. The molecule has 0 spiro atoms. The van der Waals surface area contributed by atoms with Crippen molar-refractivity contribution in [2.24, 2.45) is 5.73 Å². The topological polar surface area (TPSA) is 55.6 Å². The van der Waals surface area contributed by atoms with Gasteiger partial charge in [0.05, 0.1) is 12.6 Å². The second-order valence-electron chi connectivity index (χ2n) is 2.98. The summed E-state index contributed by atoms with van der Waals surface area (Å²) < 4.78 is 0. The van der Waals surface area contributed by atoms with Gasteiger partial charge >= 0.3 is 6.03 Å². The number of hydrogen-bond acceptors (Lipinski definition) is 2. The number of amides is 2.